The molecule has 14 rings (SSSR count). The Morgan fingerprint density at radius 1 is 0.425 bits per heavy atom. The maximum Gasteiger partial charge on any atom is 0.0677 e. The molecule has 3 aliphatic rings. The molecule has 73 heavy (non-hydrogen) atoms. The molecule has 3 atom stereocenters. The Hall–Kier alpha value is -8.06. The van der Waals surface area contributed by atoms with Gasteiger partial charge in [0.25, 0.3) is 0 Å². The molecule has 350 valence electrons. The summed E-state index contributed by atoms with van der Waals surface area (Å²) >= 11 is 0. The fourth-order valence-electron chi connectivity index (χ4n) is 13.9. The van der Waals surface area contributed by atoms with Crippen molar-refractivity contribution in [3.8, 4) is 44.5 Å². The molecule has 0 radical (unpaired) electrons. The number of rotatable bonds is 6. The average Bonchev–Trinajstić information content (AvgIpc) is 3.87. The molecule has 0 aromatic heterocycles. The first-order valence-corrected chi connectivity index (χ1v) is 26.4. The van der Waals surface area contributed by atoms with Crippen LogP contribution < -0.4 is 0 Å². The van der Waals surface area contributed by atoms with Gasteiger partial charge < -0.3 is 0 Å². The molecule has 3 aliphatic carbocycles. The van der Waals surface area contributed by atoms with Crippen LogP contribution in [0.5, 0.6) is 0 Å². The first-order chi connectivity index (χ1) is 35.6. The van der Waals surface area contributed by atoms with Crippen LogP contribution in [0.4, 0.5) is 0 Å². The van der Waals surface area contributed by atoms with Crippen LogP contribution in [0.3, 0.4) is 0 Å². The van der Waals surface area contributed by atoms with Crippen LogP contribution in [0.25, 0.3) is 87.6 Å². The highest BCUT2D eigenvalue weighted by molar-refractivity contribution is 6.18. The summed E-state index contributed by atoms with van der Waals surface area (Å²) < 4.78 is 0. The van der Waals surface area contributed by atoms with Crippen molar-refractivity contribution in [2.24, 2.45) is 5.92 Å². The molecule has 0 nitrogen and oxygen atoms in total. The molecule has 0 saturated heterocycles. The van der Waals surface area contributed by atoms with Gasteiger partial charge in [-0.25, -0.2) is 0 Å². The van der Waals surface area contributed by atoms with Gasteiger partial charge in [0, 0.05) is 5.41 Å². The van der Waals surface area contributed by atoms with Gasteiger partial charge in [-0.15, -0.1) is 0 Å². The maximum atomic E-state index is 2.60. The lowest BCUT2D eigenvalue weighted by Crippen LogP contribution is -2.32. The third-order valence-electron chi connectivity index (χ3n) is 17.6. The van der Waals surface area contributed by atoms with Gasteiger partial charge in [0.15, 0.2) is 0 Å². The Labute approximate surface area is 430 Å². The van der Waals surface area contributed by atoms with Gasteiger partial charge in [-0.1, -0.05) is 230 Å². The van der Waals surface area contributed by atoms with Gasteiger partial charge in [0.05, 0.1) is 5.41 Å². The molecule has 0 spiro atoms. The number of allylic oxidation sites excluding steroid dienone is 4. The highest BCUT2D eigenvalue weighted by Crippen LogP contribution is 2.62. The Bertz CT molecular complexity index is 4210. The Balaban J connectivity index is 1.09. The van der Waals surface area contributed by atoms with Crippen molar-refractivity contribution in [1.29, 1.82) is 0 Å². The van der Waals surface area contributed by atoms with E-state index >= 15 is 0 Å². The standard InChI is InChI=1S/C73H58/c1-44-21-31-58(32-22-44)73(59-33-23-47(4)48(5)37-59)66-18-12-11-17-64(66)69-57(40-56(42-68(69)73)54-29-27-50-36-46(3)20-25-52(50)39-54)43-72(6)67-41-55(53-28-26-49-35-45(2)19-24-51(49)38-53)30-34-65(67)70-62-15-9-7-13-60(62)61-14-8-10-16-63(61)71(70)72/h7-36,38-42,48H,37,43H2,1-6H3. The Morgan fingerprint density at radius 3 is 1.66 bits per heavy atom. The molecule has 0 heteroatoms. The average molecular weight is 935 g/mol. The van der Waals surface area contributed by atoms with Crippen molar-refractivity contribution in [2.45, 2.75) is 65.2 Å². The van der Waals surface area contributed by atoms with Gasteiger partial charge >= 0.3 is 0 Å². The molecule has 11 aromatic rings. The van der Waals surface area contributed by atoms with E-state index in [9.17, 15) is 0 Å². The number of hydrogen-bond donors (Lipinski definition) is 0. The fourth-order valence-corrected chi connectivity index (χ4v) is 13.9. The summed E-state index contributed by atoms with van der Waals surface area (Å²) in [5, 5.41) is 10.4. The largest absolute Gasteiger partial charge is 0.0702 e. The third kappa shape index (κ3) is 6.52. The van der Waals surface area contributed by atoms with E-state index in [4.69, 9.17) is 0 Å². The van der Waals surface area contributed by atoms with Gasteiger partial charge in [-0.05, 0) is 192 Å². The molecule has 3 unspecified atom stereocenters. The van der Waals surface area contributed by atoms with E-state index in [0.29, 0.717) is 5.92 Å². The van der Waals surface area contributed by atoms with E-state index in [2.05, 4.69) is 254 Å². The number of hydrogen-bond acceptors (Lipinski definition) is 0. The van der Waals surface area contributed by atoms with Crippen LogP contribution in [0.15, 0.2) is 223 Å². The first-order valence-electron chi connectivity index (χ1n) is 26.4. The molecule has 11 aromatic carbocycles. The SMILES string of the molecule is CC1=CC=C(C2(c3ccc(C)cc3)c3ccccc3-c3c(CC4(C)c5cc(-c6ccc7cc(C)ccc7c6)ccc5-c5c4c4ccccc4c4ccccc54)cc(-c4ccc5cc(C)ccc5c4)cc32)CC1C. The number of aryl methyl sites for hydroxylation is 3. The minimum Gasteiger partial charge on any atom is -0.0702 e. The minimum atomic E-state index is -0.499. The third-order valence-corrected chi connectivity index (χ3v) is 17.6. The molecular weight excluding hydrogens is 877 g/mol. The van der Waals surface area contributed by atoms with E-state index in [1.54, 1.807) is 0 Å². The molecule has 0 heterocycles. The van der Waals surface area contributed by atoms with Crippen molar-refractivity contribution in [3.63, 3.8) is 0 Å². The zero-order valence-electron chi connectivity index (χ0n) is 42.7. The quantitative estimate of drug-likeness (QED) is 0.146. The monoisotopic (exact) mass is 934 g/mol. The van der Waals surface area contributed by atoms with Crippen LogP contribution in [0, 0.1) is 26.7 Å². The lowest BCUT2D eigenvalue weighted by molar-refractivity contribution is 0.584. The normalized spacial score (nSPS) is 18.7. The number of benzene rings is 11. The summed E-state index contributed by atoms with van der Waals surface area (Å²) in [6.45, 7) is 13.9. The molecule has 0 bridgehead atoms. The molecular formula is C73H58. The Morgan fingerprint density at radius 2 is 0.959 bits per heavy atom. The lowest BCUT2D eigenvalue weighted by atomic mass is 9.63. The maximum absolute atomic E-state index is 2.60. The van der Waals surface area contributed by atoms with Crippen LogP contribution in [-0.4, -0.2) is 0 Å². The minimum absolute atomic E-state index is 0.423. The van der Waals surface area contributed by atoms with Crippen molar-refractivity contribution in [3.05, 3.63) is 274 Å². The van der Waals surface area contributed by atoms with E-state index < -0.39 is 10.8 Å². The van der Waals surface area contributed by atoms with Crippen molar-refractivity contribution in [1.82, 2.24) is 0 Å². The van der Waals surface area contributed by atoms with Crippen LogP contribution >= 0.6 is 0 Å². The van der Waals surface area contributed by atoms with E-state index in [0.717, 1.165) is 12.8 Å². The molecule has 0 saturated carbocycles. The van der Waals surface area contributed by atoms with Gasteiger partial charge in [-0.2, -0.15) is 0 Å². The van der Waals surface area contributed by atoms with Gasteiger partial charge in [-0.3, -0.25) is 0 Å². The van der Waals surface area contributed by atoms with Gasteiger partial charge in [0.1, 0.15) is 0 Å². The predicted molar refractivity (Wildman–Crippen MR) is 311 cm³/mol. The van der Waals surface area contributed by atoms with E-state index in [1.165, 1.54) is 149 Å². The highest BCUT2D eigenvalue weighted by atomic mass is 14.5. The number of fused-ring (bicyclic) bond motifs is 13. The second kappa shape index (κ2) is 16.2. The fraction of sp³-hybridized carbons (Fsp3) is 0.151. The first kappa shape index (κ1) is 43.7. The summed E-state index contributed by atoms with van der Waals surface area (Å²) in [5.74, 6) is 0.430. The molecule has 0 fully saturated rings. The summed E-state index contributed by atoms with van der Waals surface area (Å²) in [5.41, 5.74) is 24.6. The topological polar surface area (TPSA) is 0 Å². The zero-order valence-corrected chi connectivity index (χ0v) is 42.7. The summed E-state index contributed by atoms with van der Waals surface area (Å²) in [6.07, 6.45) is 6.70. The van der Waals surface area contributed by atoms with Crippen LogP contribution in [-0.2, 0) is 17.3 Å². The van der Waals surface area contributed by atoms with Crippen LogP contribution in [0.1, 0.15) is 77.3 Å². The summed E-state index contributed by atoms with van der Waals surface area (Å²) in [4.78, 5) is 0. The van der Waals surface area contributed by atoms with Crippen LogP contribution in [0.2, 0.25) is 0 Å². The van der Waals surface area contributed by atoms with E-state index in [-0.39, 0.29) is 0 Å². The smallest absolute Gasteiger partial charge is 0.0677 e. The van der Waals surface area contributed by atoms with Crippen molar-refractivity contribution >= 4 is 43.1 Å². The summed E-state index contributed by atoms with van der Waals surface area (Å²) in [6, 6.07) is 77.8. The second-order valence-corrected chi connectivity index (χ2v) is 22.2. The molecule has 0 amide bonds. The van der Waals surface area contributed by atoms with Crippen molar-refractivity contribution < 1.29 is 0 Å². The Kier molecular flexibility index (Phi) is 9.71. The van der Waals surface area contributed by atoms with Crippen molar-refractivity contribution in [2.75, 3.05) is 0 Å². The second-order valence-electron chi connectivity index (χ2n) is 22.2. The zero-order chi connectivity index (χ0) is 49.3. The predicted octanol–water partition coefficient (Wildman–Crippen LogP) is 19.3. The highest BCUT2D eigenvalue weighted by Gasteiger charge is 2.50. The lowest BCUT2D eigenvalue weighted by Gasteiger charge is -2.39. The molecule has 0 aliphatic heterocycles. The molecule has 0 N–H and O–H groups in total. The van der Waals surface area contributed by atoms with Gasteiger partial charge in [0.2, 0.25) is 0 Å². The van der Waals surface area contributed by atoms with E-state index in [1.807, 2.05) is 0 Å². The summed E-state index contributed by atoms with van der Waals surface area (Å²) in [7, 11) is 0.